The Bertz CT molecular complexity index is 761. The second kappa shape index (κ2) is 9.17. The summed E-state index contributed by atoms with van der Waals surface area (Å²) >= 11 is 12.3. The molecule has 2 aromatic rings. The van der Waals surface area contributed by atoms with Gasteiger partial charge in [0.05, 0.1) is 5.60 Å². The first kappa shape index (κ1) is 21.6. The van der Waals surface area contributed by atoms with Crippen molar-refractivity contribution in [3.63, 3.8) is 0 Å². The van der Waals surface area contributed by atoms with Crippen LogP contribution in [0.15, 0.2) is 48.5 Å². The highest BCUT2D eigenvalue weighted by atomic mass is 35.5. The molecule has 0 radical (unpaired) electrons. The predicted octanol–water partition coefficient (Wildman–Crippen LogP) is 5.94. The van der Waals surface area contributed by atoms with E-state index < -0.39 is 5.60 Å². The van der Waals surface area contributed by atoms with Crippen LogP contribution in [0.5, 0.6) is 0 Å². The Morgan fingerprint density at radius 3 is 1.82 bits per heavy atom. The van der Waals surface area contributed by atoms with E-state index in [0.717, 1.165) is 35.7 Å². The van der Waals surface area contributed by atoms with E-state index >= 15 is 0 Å². The molecule has 1 fully saturated rings. The molecule has 5 atom stereocenters. The molecule has 0 aliphatic carbocycles. The number of nitrogens with two attached hydrogens (primary N) is 1. The van der Waals surface area contributed by atoms with Crippen molar-refractivity contribution in [2.75, 3.05) is 0 Å². The predicted molar refractivity (Wildman–Crippen MR) is 118 cm³/mol. The van der Waals surface area contributed by atoms with Gasteiger partial charge >= 0.3 is 0 Å². The van der Waals surface area contributed by atoms with Gasteiger partial charge in [-0.2, -0.15) is 0 Å². The molecule has 2 aromatic carbocycles. The van der Waals surface area contributed by atoms with Gasteiger partial charge in [-0.3, -0.25) is 0 Å². The minimum Gasteiger partial charge on any atom is -0.389 e. The second-order valence-electron chi connectivity index (χ2n) is 8.27. The molecule has 3 rings (SSSR count). The van der Waals surface area contributed by atoms with E-state index in [9.17, 15) is 5.11 Å². The number of aliphatic hydroxyl groups is 1. The van der Waals surface area contributed by atoms with Gasteiger partial charge < -0.3 is 10.4 Å². The van der Waals surface area contributed by atoms with Gasteiger partial charge in [0.15, 0.2) is 0 Å². The van der Waals surface area contributed by atoms with Crippen LogP contribution in [-0.4, -0.2) is 10.7 Å². The summed E-state index contributed by atoms with van der Waals surface area (Å²) in [5, 5.41) is 16.0. The lowest BCUT2D eigenvalue weighted by Crippen LogP contribution is -2.93. The molecular weight excluding hydrogens is 389 g/mol. The molecule has 152 valence electrons. The average Bonchev–Trinajstić information content (AvgIpc) is 2.68. The van der Waals surface area contributed by atoms with Gasteiger partial charge in [0.1, 0.15) is 12.1 Å². The summed E-state index contributed by atoms with van der Waals surface area (Å²) in [5.74, 6) is 0.353. The lowest BCUT2D eigenvalue weighted by atomic mass is 9.62. The first-order chi connectivity index (χ1) is 13.4. The molecular formula is C24H32Cl2NO+. The fourth-order valence-corrected chi connectivity index (χ4v) is 5.40. The maximum absolute atomic E-state index is 12.0. The van der Waals surface area contributed by atoms with Gasteiger partial charge in [-0.15, -0.1) is 0 Å². The van der Waals surface area contributed by atoms with E-state index in [1.54, 1.807) is 0 Å². The first-order valence-corrected chi connectivity index (χ1v) is 11.2. The fraction of sp³-hybridized carbons (Fsp3) is 0.500. The fourth-order valence-electron chi connectivity index (χ4n) is 5.15. The first-order valence-electron chi connectivity index (χ1n) is 10.5. The highest BCUT2D eigenvalue weighted by Gasteiger charge is 2.54. The van der Waals surface area contributed by atoms with E-state index in [1.807, 2.05) is 24.3 Å². The Labute approximate surface area is 179 Å². The molecule has 1 aliphatic rings. The van der Waals surface area contributed by atoms with Crippen molar-refractivity contribution >= 4 is 23.2 Å². The number of piperidine rings is 1. The third-order valence-corrected chi connectivity index (χ3v) is 7.08. The van der Waals surface area contributed by atoms with Gasteiger partial charge in [0, 0.05) is 33.0 Å². The minimum atomic E-state index is -0.700. The van der Waals surface area contributed by atoms with E-state index in [1.165, 1.54) is 11.1 Å². The normalized spacial score (nSPS) is 30.4. The molecule has 1 saturated heterocycles. The highest BCUT2D eigenvalue weighted by molar-refractivity contribution is 6.30. The maximum atomic E-state index is 12.0. The topological polar surface area (TPSA) is 36.8 Å². The van der Waals surface area contributed by atoms with Crippen molar-refractivity contribution in [2.45, 2.75) is 64.1 Å². The molecule has 0 bridgehead atoms. The standard InChI is InChI=1S/C24H31Cl2NO/c1-4-6-21-23(18-9-13-20(26)14-10-18)27-22(16(3)24(21,28)15-5-2)17-7-11-19(25)12-8-17/h7-14,16,21-23,27-28H,4-6,15H2,1-3H3/p+1/t16-,21-,22+,23-,24+/m0/s1. The van der Waals surface area contributed by atoms with Crippen molar-refractivity contribution in [3.8, 4) is 0 Å². The van der Waals surface area contributed by atoms with Gasteiger partial charge in [0.25, 0.3) is 0 Å². The van der Waals surface area contributed by atoms with Crippen LogP contribution in [0.2, 0.25) is 10.0 Å². The van der Waals surface area contributed by atoms with Gasteiger partial charge in [-0.25, -0.2) is 0 Å². The van der Waals surface area contributed by atoms with Crippen LogP contribution in [0.3, 0.4) is 0 Å². The molecule has 0 amide bonds. The quantitative estimate of drug-likeness (QED) is 0.595. The van der Waals surface area contributed by atoms with Gasteiger partial charge in [-0.1, -0.05) is 81.1 Å². The van der Waals surface area contributed by atoms with Crippen molar-refractivity contribution in [1.82, 2.24) is 0 Å². The molecule has 4 heteroatoms. The minimum absolute atomic E-state index is 0.147. The number of hydrogen-bond acceptors (Lipinski definition) is 1. The number of benzene rings is 2. The Morgan fingerprint density at radius 2 is 1.36 bits per heavy atom. The molecule has 28 heavy (non-hydrogen) atoms. The highest BCUT2D eigenvalue weighted by Crippen LogP contribution is 2.47. The summed E-state index contributed by atoms with van der Waals surface area (Å²) in [5.41, 5.74) is 1.76. The second-order valence-corrected chi connectivity index (χ2v) is 9.15. The van der Waals surface area contributed by atoms with Gasteiger partial charge in [0.2, 0.25) is 0 Å². The summed E-state index contributed by atoms with van der Waals surface area (Å²) in [7, 11) is 0. The average molecular weight is 421 g/mol. The van der Waals surface area contributed by atoms with E-state index in [4.69, 9.17) is 23.2 Å². The number of hydrogen-bond donors (Lipinski definition) is 2. The number of quaternary nitrogens is 1. The summed E-state index contributed by atoms with van der Waals surface area (Å²) in [6.45, 7) is 6.59. The van der Waals surface area contributed by atoms with Crippen LogP contribution in [0.4, 0.5) is 0 Å². The van der Waals surface area contributed by atoms with E-state index in [0.29, 0.717) is 0 Å². The summed E-state index contributed by atoms with van der Waals surface area (Å²) < 4.78 is 0. The zero-order valence-electron chi connectivity index (χ0n) is 17.0. The molecule has 2 nitrogen and oxygen atoms in total. The Morgan fingerprint density at radius 1 is 0.857 bits per heavy atom. The third-order valence-electron chi connectivity index (χ3n) is 6.58. The van der Waals surface area contributed by atoms with Crippen molar-refractivity contribution in [3.05, 3.63) is 69.7 Å². The molecule has 0 aromatic heterocycles. The Hall–Kier alpha value is -1.06. The lowest BCUT2D eigenvalue weighted by Gasteiger charge is -2.51. The number of rotatable bonds is 6. The van der Waals surface area contributed by atoms with E-state index in [2.05, 4.69) is 50.4 Å². The SMILES string of the molecule is CCC[C@H]1[C@H](c2ccc(Cl)cc2)[NH2+][C@@H](c2ccc(Cl)cc2)[C@H](C)[C@]1(O)CCC. The third kappa shape index (κ3) is 4.26. The Balaban J connectivity index is 2.06. The maximum Gasteiger partial charge on any atom is 0.118 e. The van der Waals surface area contributed by atoms with Crippen LogP contribution in [0.25, 0.3) is 0 Å². The van der Waals surface area contributed by atoms with Gasteiger partial charge in [-0.05, 0) is 37.1 Å². The zero-order chi connectivity index (χ0) is 20.3. The largest absolute Gasteiger partial charge is 0.389 e. The lowest BCUT2D eigenvalue weighted by molar-refractivity contribution is -0.765. The Kier molecular flexibility index (Phi) is 7.09. The monoisotopic (exact) mass is 420 g/mol. The molecule has 0 unspecified atom stereocenters. The summed E-state index contributed by atoms with van der Waals surface area (Å²) in [6, 6.07) is 16.6. The molecule has 0 spiro atoms. The summed E-state index contributed by atoms with van der Waals surface area (Å²) in [4.78, 5) is 0. The zero-order valence-corrected chi connectivity index (χ0v) is 18.5. The van der Waals surface area contributed by atoms with Crippen LogP contribution in [-0.2, 0) is 0 Å². The van der Waals surface area contributed by atoms with Crippen LogP contribution >= 0.6 is 23.2 Å². The number of halogens is 2. The van der Waals surface area contributed by atoms with E-state index in [-0.39, 0.29) is 23.9 Å². The molecule has 3 N–H and O–H groups in total. The van der Waals surface area contributed by atoms with Crippen molar-refractivity contribution in [1.29, 1.82) is 0 Å². The molecule has 0 saturated carbocycles. The van der Waals surface area contributed by atoms with Crippen molar-refractivity contribution in [2.24, 2.45) is 11.8 Å². The molecule has 1 aliphatic heterocycles. The van der Waals surface area contributed by atoms with Crippen LogP contribution in [0, 0.1) is 11.8 Å². The van der Waals surface area contributed by atoms with Crippen molar-refractivity contribution < 1.29 is 10.4 Å². The van der Waals surface area contributed by atoms with Crippen LogP contribution < -0.4 is 5.32 Å². The van der Waals surface area contributed by atoms with Crippen LogP contribution in [0.1, 0.15) is 69.7 Å². The smallest absolute Gasteiger partial charge is 0.118 e. The summed E-state index contributed by atoms with van der Waals surface area (Å²) in [6.07, 6.45) is 3.87. The molecule has 1 heterocycles.